The van der Waals surface area contributed by atoms with Crippen LogP contribution < -0.4 is 5.73 Å². The lowest BCUT2D eigenvalue weighted by Gasteiger charge is -2.17. The molecule has 98 valence electrons. The minimum Gasteiger partial charge on any atom is -0.333 e. The number of H-pyrrole nitrogens is 1. The normalized spacial score (nSPS) is 14.6. The summed E-state index contributed by atoms with van der Waals surface area (Å²) in [7, 11) is 0. The highest BCUT2D eigenvalue weighted by Crippen LogP contribution is 2.38. The summed E-state index contributed by atoms with van der Waals surface area (Å²) in [6, 6.07) is 12.3. The third-order valence-electron chi connectivity index (χ3n) is 2.91. The summed E-state index contributed by atoms with van der Waals surface area (Å²) in [6.45, 7) is 2.04. The SMILES string of the molecule is CC(N)C(Sc1nc2ccccc2[nH]1)c1cccs1. The average molecular weight is 289 g/mol. The molecule has 3 rings (SSSR count). The summed E-state index contributed by atoms with van der Waals surface area (Å²) >= 11 is 3.44. The molecule has 0 aliphatic rings. The highest BCUT2D eigenvalue weighted by Gasteiger charge is 2.20. The van der Waals surface area contributed by atoms with Gasteiger partial charge in [-0.2, -0.15) is 0 Å². The maximum absolute atomic E-state index is 6.11. The van der Waals surface area contributed by atoms with Crippen molar-refractivity contribution < 1.29 is 0 Å². The van der Waals surface area contributed by atoms with Crippen LogP contribution in [0.25, 0.3) is 11.0 Å². The fraction of sp³-hybridized carbons (Fsp3) is 0.214. The van der Waals surface area contributed by atoms with E-state index in [1.807, 2.05) is 31.2 Å². The van der Waals surface area contributed by atoms with Gasteiger partial charge in [0.2, 0.25) is 0 Å². The first-order valence-corrected chi connectivity index (χ1v) is 7.90. The molecular formula is C14H15N3S2. The van der Waals surface area contributed by atoms with E-state index < -0.39 is 0 Å². The first-order valence-electron chi connectivity index (χ1n) is 6.14. The Morgan fingerprint density at radius 2 is 2.11 bits per heavy atom. The second kappa shape index (κ2) is 5.36. The molecular weight excluding hydrogens is 274 g/mol. The standard InChI is InChI=1S/C14H15N3S2/c1-9(15)13(12-7-4-8-18-12)19-14-16-10-5-2-3-6-11(10)17-14/h2-9,13H,15H2,1H3,(H,16,17). The van der Waals surface area contributed by atoms with Crippen molar-refractivity contribution in [3.63, 3.8) is 0 Å². The number of thioether (sulfide) groups is 1. The molecule has 2 aromatic heterocycles. The molecule has 0 saturated heterocycles. The third-order valence-corrected chi connectivity index (χ3v) is 5.37. The third kappa shape index (κ3) is 2.68. The maximum Gasteiger partial charge on any atom is 0.167 e. The van der Waals surface area contributed by atoms with Crippen molar-refractivity contribution in [3.05, 3.63) is 46.7 Å². The zero-order valence-electron chi connectivity index (χ0n) is 10.5. The molecule has 3 aromatic rings. The Hall–Kier alpha value is -1.30. The van der Waals surface area contributed by atoms with E-state index in [2.05, 4.69) is 27.5 Å². The lowest BCUT2D eigenvalue weighted by atomic mass is 10.2. The first kappa shape index (κ1) is 12.7. The molecule has 3 nitrogen and oxygen atoms in total. The van der Waals surface area contributed by atoms with Crippen LogP contribution in [0.2, 0.25) is 0 Å². The number of hydrogen-bond donors (Lipinski definition) is 2. The molecule has 0 saturated carbocycles. The van der Waals surface area contributed by atoms with Crippen LogP contribution in [-0.2, 0) is 0 Å². The van der Waals surface area contributed by atoms with Crippen molar-refractivity contribution in [1.29, 1.82) is 0 Å². The predicted molar refractivity (Wildman–Crippen MR) is 82.7 cm³/mol. The Kier molecular flexibility index (Phi) is 3.59. The van der Waals surface area contributed by atoms with Crippen molar-refractivity contribution in [1.82, 2.24) is 9.97 Å². The van der Waals surface area contributed by atoms with E-state index in [9.17, 15) is 0 Å². The summed E-state index contributed by atoms with van der Waals surface area (Å²) in [6.07, 6.45) is 0. The number of fused-ring (bicyclic) bond motifs is 1. The molecule has 1 aromatic carbocycles. The highest BCUT2D eigenvalue weighted by atomic mass is 32.2. The fourth-order valence-electron chi connectivity index (χ4n) is 1.98. The average Bonchev–Trinajstić information content (AvgIpc) is 3.04. The van der Waals surface area contributed by atoms with Crippen LogP contribution in [0.15, 0.2) is 46.9 Å². The van der Waals surface area contributed by atoms with E-state index in [0.29, 0.717) is 0 Å². The number of benzene rings is 1. The Morgan fingerprint density at radius 1 is 1.26 bits per heavy atom. The second-order valence-corrected chi connectivity index (χ2v) is 6.58. The molecule has 0 amide bonds. The quantitative estimate of drug-likeness (QED) is 0.718. The van der Waals surface area contributed by atoms with Crippen molar-refractivity contribution in [2.45, 2.75) is 23.4 Å². The zero-order valence-corrected chi connectivity index (χ0v) is 12.2. The number of thiophene rings is 1. The van der Waals surface area contributed by atoms with Gasteiger partial charge >= 0.3 is 0 Å². The number of aromatic nitrogens is 2. The smallest absolute Gasteiger partial charge is 0.167 e. The van der Waals surface area contributed by atoms with Gasteiger partial charge in [-0.25, -0.2) is 4.98 Å². The molecule has 2 atom stereocenters. The lowest BCUT2D eigenvalue weighted by Crippen LogP contribution is -2.21. The maximum atomic E-state index is 6.11. The second-order valence-electron chi connectivity index (χ2n) is 4.47. The van der Waals surface area contributed by atoms with Crippen molar-refractivity contribution in [2.24, 2.45) is 5.73 Å². The largest absolute Gasteiger partial charge is 0.333 e. The van der Waals surface area contributed by atoms with Crippen LogP contribution >= 0.6 is 23.1 Å². The molecule has 19 heavy (non-hydrogen) atoms. The Morgan fingerprint density at radius 3 is 2.79 bits per heavy atom. The summed E-state index contributed by atoms with van der Waals surface area (Å²) in [5.41, 5.74) is 8.18. The number of rotatable bonds is 4. The van der Waals surface area contributed by atoms with Gasteiger partial charge in [-0.1, -0.05) is 30.0 Å². The number of para-hydroxylation sites is 2. The summed E-state index contributed by atoms with van der Waals surface area (Å²) in [5.74, 6) is 0. The molecule has 0 spiro atoms. The molecule has 0 aliphatic carbocycles. The van der Waals surface area contributed by atoms with Crippen LogP contribution in [-0.4, -0.2) is 16.0 Å². The molecule has 0 radical (unpaired) electrons. The molecule has 0 bridgehead atoms. The topological polar surface area (TPSA) is 54.7 Å². The molecule has 0 aliphatic heterocycles. The van der Waals surface area contributed by atoms with E-state index in [1.165, 1.54) is 4.88 Å². The Balaban J connectivity index is 1.89. The highest BCUT2D eigenvalue weighted by molar-refractivity contribution is 7.99. The Labute approximate surface area is 120 Å². The minimum atomic E-state index is 0.0804. The van der Waals surface area contributed by atoms with Gasteiger partial charge in [0.1, 0.15) is 0 Å². The van der Waals surface area contributed by atoms with E-state index in [4.69, 9.17) is 5.73 Å². The monoisotopic (exact) mass is 289 g/mol. The number of hydrogen-bond acceptors (Lipinski definition) is 4. The number of nitrogens with one attached hydrogen (secondary N) is 1. The molecule has 2 heterocycles. The van der Waals surface area contributed by atoms with Crippen LogP contribution in [0.4, 0.5) is 0 Å². The molecule has 3 N–H and O–H groups in total. The lowest BCUT2D eigenvalue weighted by molar-refractivity contribution is 0.727. The van der Waals surface area contributed by atoms with Gasteiger partial charge in [-0.3, -0.25) is 0 Å². The van der Waals surface area contributed by atoms with E-state index >= 15 is 0 Å². The first-order chi connectivity index (χ1) is 9.24. The van der Waals surface area contributed by atoms with E-state index in [1.54, 1.807) is 23.1 Å². The molecule has 5 heteroatoms. The zero-order chi connectivity index (χ0) is 13.2. The van der Waals surface area contributed by atoms with Crippen molar-refractivity contribution in [3.8, 4) is 0 Å². The van der Waals surface area contributed by atoms with E-state index in [-0.39, 0.29) is 11.3 Å². The Bertz CT molecular complexity index is 625. The van der Waals surface area contributed by atoms with Gasteiger partial charge in [0.05, 0.1) is 16.3 Å². The van der Waals surface area contributed by atoms with Crippen LogP contribution in [0.3, 0.4) is 0 Å². The summed E-state index contributed by atoms with van der Waals surface area (Å²) < 4.78 is 0. The van der Waals surface area contributed by atoms with E-state index in [0.717, 1.165) is 16.2 Å². The minimum absolute atomic E-state index is 0.0804. The van der Waals surface area contributed by atoms with Gasteiger partial charge in [0.15, 0.2) is 5.16 Å². The number of nitrogens with two attached hydrogens (primary N) is 1. The molecule has 0 fully saturated rings. The van der Waals surface area contributed by atoms with Crippen molar-refractivity contribution in [2.75, 3.05) is 0 Å². The van der Waals surface area contributed by atoms with Crippen LogP contribution in [0.1, 0.15) is 17.1 Å². The number of nitrogens with zero attached hydrogens (tertiary/aromatic N) is 1. The van der Waals surface area contributed by atoms with Gasteiger partial charge in [-0.05, 0) is 30.5 Å². The summed E-state index contributed by atoms with van der Waals surface area (Å²) in [5, 5.41) is 3.25. The fourth-order valence-corrected chi connectivity index (χ4v) is 4.08. The van der Waals surface area contributed by atoms with Gasteiger partial charge in [0, 0.05) is 10.9 Å². The van der Waals surface area contributed by atoms with Crippen molar-refractivity contribution >= 4 is 34.1 Å². The van der Waals surface area contributed by atoms with Crippen LogP contribution in [0, 0.1) is 0 Å². The van der Waals surface area contributed by atoms with Gasteiger partial charge < -0.3 is 10.7 Å². The van der Waals surface area contributed by atoms with Gasteiger partial charge in [0.25, 0.3) is 0 Å². The predicted octanol–water partition coefficient (Wildman–Crippen LogP) is 3.81. The van der Waals surface area contributed by atoms with Crippen LogP contribution in [0.5, 0.6) is 0 Å². The van der Waals surface area contributed by atoms with Gasteiger partial charge in [-0.15, -0.1) is 11.3 Å². The molecule has 2 unspecified atom stereocenters. The number of aromatic amines is 1. The summed E-state index contributed by atoms with van der Waals surface area (Å²) in [4.78, 5) is 9.24. The number of imidazole rings is 1.